The van der Waals surface area contributed by atoms with Crippen LogP contribution in [0.4, 0.5) is 0 Å². The minimum Gasteiger partial charge on any atom is -0.494 e. The lowest BCUT2D eigenvalue weighted by Gasteiger charge is -2.07. The molecule has 1 aromatic heterocycles. The van der Waals surface area contributed by atoms with Gasteiger partial charge in [-0.2, -0.15) is 0 Å². The van der Waals surface area contributed by atoms with Gasteiger partial charge in [-0.1, -0.05) is 96.1 Å². The van der Waals surface area contributed by atoms with E-state index in [-0.39, 0.29) is 0 Å². The van der Waals surface area contributed by atoms with Crippen molar-refractivity contribution in [2.45, 2.75) is 90.9 Å². The first kappa shape index (κ1) is 29.2. The fraction of sp³-hybridized carbons (Fsp3) is 0.471. The third-order valence-electron chi connectivity index (χ3n) is 6.55. The Hall–Kier alpha value is -3.32. The van der Waals surface area contributed by atoms with E-state index in [2.05, 4.69) is 47.8 Å². The van der Waals surface area contributed by atoms with E-state index in [9.17, 15) is 0 Å². The highest BCUT2D eigenvalue weighted by Gasteiger charge is 2.02. The molecule has 0 fully saturated rings. The normalized spacial score (nSPS) is 10.6. The molecule has 0 radical (unpaired) electrons. The van der Waals surface area contributed by atoms with Crippen LogP contribution in [0.5, 0.6) is 11.5 Å². The van der Waals surface area contributed by atoms with Crippen LogP contribution in [0.15, 0.2) is 60.9 Å². The molecule has 0 saturated carbocycles. The number of hydrogen-bond donors (Lipinski definition) is 0. The van der Waals surface area contributed by atoms with Crippen molar-refractivity contribution in [2.24, 2.45) is 0 Å². The minimum absolute atomic E-state index is 0.510. The molecular formula is C34H44N2O2. The number of rotatable bonds is 17. The molecule has 2 aromatic carbocycles. The number of hydrogen-bond acceptors (Lipinski definition) is 4. The molecule has 4 heteroatoms. The van der Waals surface area contributed by atoms with E-state index >= 15 is 0 Å². The van der Waals surface area contributed by atoms with Gasteiger partial charge in [-0.05, 0) is 60.7 Å². The second kappa shape index (κ2) is 18.0. The topological polar surface area (TPSA) is 44.2 Å². The third kappa shape index (κ3) is 11.4. The van der Waals surface area contributed by atoms with E-state index in [1.807, 2.05) is 48.8 Å². The van der Waals surface area contributed by atoms with Crippen LogP contribution >= 0.6 is 0 Å². The lowest BCUT2D eigenvalue weighted by molar-refractivity contribution is 0.304. The molecule has 0 amide bonds. The molecule has 0 aliphatic carbocycles. The number of aromatic nitrogens is 2. The summed E-state index contributed by atoms with van der Waals surface area (Å²) in [6, 6.07) is 16.1. The SMILES string of the molecule is CCCCCCCCOc1ccc(C#Cc2ncc(-c3ccc(OCCCCCCCC)cc3)cn2)cc1. The average Bonchev–Trinajstić information content (AvgIpc) is 2.96. The van der Waals surface area contributed by atoms with Crippen LogP contribution in [0, 0.1) is 11.8 Å². The Morgan fingerprint density at radius 1 is 0.526 bits per heavy atom. The molecule has 0 unspecified atom stereocenters. The van der Waals surface area contributed by atoms with Crippen LogP contribution in [-0.2, 0) is 0 Å². The van der Waals surface area contributed by atoms with Crippen molar-refractivity contribution in [3.05, 3.63) is 72.3 Å². The summed E-state index contributed by atoms with van der Waals surface area (Å²) in [5, 5.41) is 0. The summed E-state index contributed by atoms with van der Waals surface area (Å²) in [7, 11) is 0. The standard InChI is InChI=1S/C34H44N2O2/c1-3-5-7-9-11-13-25-37-32-20-15-29(16-21-32)17-24-34-35-27-31(28-36-34)30-18-22-33(23-19-30)38-26-14-12-10-8-6-4-2/h15-16,18-23,27-28H,3-14,25-26H2,1-2H3. The van der Waals surface area contributed by atoms with E-state index in [1.165, 1.54) is 64.2 Å². The summed E-state index contributed by atoms with van der Waals surface area (Å²) in [6.45, 7) is 6.04. The van der Waals surface area contributed by atoms with Gasteiger partial charge in [0.1, 0.15) is 11.5 Å². The smallest absolute Gasteiger partial charge is 0.205 e. The van der Waals surface area contributed by atoms with Crippen LogP contribution in [0.25, 0.3) is 11.1 Å². The van der Waals surface area contributed by atoms with Crippen molar-refractivity contribution in [1.29, 1.82) is 0 Å². The molecule has 0 spiro atoms. The van der Waals surface area contributed by atoms with E-state index in [4.69, 9.17) is 9.47 Å². The van der Waals surface area contributed by atoms with Crippen LogP contribution in [-0.4, -0.2) is 23.2 Å². The minimum atomic E-state index is 0.510. The number of ether oxygens (including phenoxy) is 2. The van der Waals surface area contributed by atoms with E-state index in [0.29, 0.717) is 5.82 Å². The second-order valence-corrected chi connectivity index (χ2v) is 9.83. The summed E-state index contributed by atoms with van der Waals surface area (Å²) < 4.78 is 11.7. The number of benzene rings is 2. The van der Waals surface area contributed by atoms with Gasteiger partial charge in [0.25, 0.3) is 0 Å². The zero-order valence-corrected chi connectivity index (χ0v) is 23.4. The molecule has 0 atom stereocenters. The highest BCUT2D eigenvalue weighted by Crippen LogP contribution is 2.21. The molecule has 0 aliphatic heterocycles. The Morgan fingerprint density at radius 3 is 1.53 bits per heavy atom. The zero-order chi connectivity index (χ0) is 26.7. The van der Waals surface area contributed by atoms with Gasteiger partial charge in [-0.3, -0.25) is 0 Å². The first-order chi connectivity index (χ1) is 18.8. The lowest BCUT2D eigenvalue weighted by atomic mass is 10.1. The average molecular weight is 513 g/mol. The Morgan fingerprint density at radius 2 is 1.00 bits per heavy atom. The van der Waals surface area contributed by atoms with Gasteiger partial charge >= 0.3 is 0 Å². The Kier molecular flexibility index (Phi) is 13.9. The zero-order valence-electron chi connectivity index (χ0n) is 23.4. The molecule has 202 valence electrons. The van der Waals surface area contributed by atoms with Crippen LogP contribution in [0.2, 0.25) is 0 Å². The van der Waals surface area contributed by atoms with Crippen molar-refractivity contribution in [3.8, 4) is 34.5 Å². The molecule has 0 saturated heterocycles. The predicted octanol–water partition coefficient (Wildman–Crippen LogP) is 9.02. The van der Waals surface area contributed by atoms with Gasteiger partial charge in [0.2, 0.25) is 5.82 Å². The summed E-state index contributed by atoms with van der Waals surface area (Å²) in [5.74, 6) is 8.51. The number of nitrogens with zero attached hydrogens (tertiary/aromatic N) is 2. The third-order valence-corrected chi connectivity index (χ3v) is 6.55. The monoisotopic (exact) mass is 512 g/mol. The summed E-state index contributed by atoms with van der Waals surface area (Å²) >= 11 is 0. The lowest BCUT2D eigenvalue weighted by Crippen LogP contribution is -1.97. The summed E-state index contributed by atoms with van der Waals surface area (Å²) in [6.07, 6.45) is 18.8. The molecule has 1 heterocycles. The van der Waals surface area contributed by atoms with Crippen molar-refractivity contribution >= 4 is 0 Å². The van der Waals surface area contributed by atoms with Crippen molar-refractivity contribution in [3.63, 3.8) is 0 Å². The Balaban J connectivity index is 1.40. The largest absolute Gasteiger partial charge is 0.494 e. The highest BCUT2D eigenvalue weighted by atomic mass is 16.5. The van der Waals surface area contributed by atoms with E-state index < -0.39 is 0 Å². The number of unbranched alkanes of at least 4 members (excludes halogenated alkanes) is 10. The fourth-order valence-electron chi connectivity index (χ4n) is 4.19. The van der Waals surface area contributed by atoms with Crippen molar-refractivity contribution < 1.29 is 9.47 Å². The highest BCUT2D eigenvalue weighted by molar-refractivity contribution is 5.62. The molecular weight excluding hydrogens is 468 g/mol. The van der Waals surface area contributed by atoms with Gasteiger partial charge in [0, 0.05) is 23.5 Å². The Labute approximate surface area is 230 Å². The summed E-state index contributed by atoms with van der Waals surface area (Å²) in [4.78, 5) is 8.87. The van der Waals surface area contributed by atoms with Crippen LogP contribution in [0.3, 0.4) is 0 Å². The molecule has 0 aliphatic rings. The second-order valence-electron chi connectivity index (χ2n) is 9.83. The van der Waals surface area contributed by atoms with Gasteiger partial charge in [-0.25, -0.2) is 9.97 Å². The van der Waals surface area contributed by atoms with Gasteiger partial charge in [0.15, 0.2) is 0 Å². The van der Waals surface area contributed by atoms with Crippen LogP contribution in [0.1, 0.15) is 102 Å². The maximum atomic E-state index is 5.89. The molecule has 0 bridgehead atoms. The van der Waals surface area contributed by atoms with Gasteiger partial charge < -0.3 is 9.47 Å². The molecule has 0 N–H and O–H groups in total. The van der Waals surface area contributed by atoms with Crippen molar-refractivity contribution in [1.82, 2.24) is 9.97 Å². The predicted molar refractivity (Wildman–Crippen MR) is 158 cm³/mol. The van der Waals surface area contributed by atoms with Crippen molar-refractivity contribution in [2.75, 3.05) is 13.2 Å². The van der Waals surface area contributed by atoms with Gasteiger partial charge in [-0.15, -0.1) is 0 Å². The molecule has 4 nitrogen and oxygen atoms in total. The summed E-state index contributed by atoms with van der Waals surface area (Å²) in [5.41, 5.74) is 2.94. The van der Waals surface area contributed by atoms with Gasteiger partial charge in [0.05, 0.1) is 13.2 Å². The fourth-order valence-corrected chi connectivity index (χ4v) is 4.19. The molecule has 3 aromatic rings. The van der Waals surface area contributed by atoms with E-state index in [0.717, 1.165) is 54.2 Å². The quantitative estimate of drug-likeness (QED) is 0.134. The molecule has 38 heavy (non-hydrogen) atoms. The first-order valence-electron chi connectivity index (χ1n) is 14.6. The maximum Gasteiger partial charge on any atom is 0.205 e. The Bertz CT molecular complexity index is 1080. The first-order valence-corrected chi connectivity index (χ1v) is 14.6. The van der Waals surface area contributed by atoms with E-state index in [1.54, 1.807) is 0 Å². The molecule has 3 rings (SSSR count). The van der Waals surface area contributed by atoms with Crippen LogP contribution < -0.4 is 9.47 Å². The maximum absolute atomic E-state index is 5.89.